The molecular weight excluding hydrogens is 298 g/mol. The fourth-order valence-corrected chi connectivity index (χ4v) is 3.24. The van der Waals surface area contributed by atoms with E-state index >= 15 is 0 Å². The van der Waals surface area contributed by atoms with Crippen molar-refractivity contribution in [3.63, 3.8) is 0 Å². The Morgan fingerprint density at radius 3 is 2.79 bits per heavy atom. The average Bonchev–Trinajstić information content (AvgIpc) is 2.61. The van der Waals surface area contributed by atoms with E-state index in [1.54, 1.807) is 12.4 Å². The van der Waals surface area contributed by atoms with Gasteiger partial charge in [-0.3, -0.25) is 14.7 Å². The Morgan fingerprint density at radius 2 is 2.08 bits per heavy atom. The van der Waals surface area contributed by atoms with Crippen LogP contribution in [0.1, 0.15) is 41.3 Å². The van der Waals surface area contributed by atoms with Crippen molar-refractivity contribution >= 4 is 5.91 Å². The van der Waals surface area contributed by atoms with E-state index in [0.717, 1.165) is 18.0 Å². The topological polar surface area (TPSA) is 45.2 Å². The van der Waals surface area contributed by atoms with E-state index in [1.165, 1.54) is 31.5 Å². The van der Waals surface area contributed by atoms with Gasteiger partial charge >= 0.3 is 0 Å². The maximum atomic E-state index is 12.2. The molecule has 0 bridgehead atoms. The standard InChI is InChI=1S/C20H25N3O/c1-16-4-3-11-23(14-16)15-17-6-8-19(9-7-17)20(24)22-13-18-5-2-10-21-12-18/h2,5-10,12,16H,3-4,11,13-15H2,1H3,(H,22,24)/t16-/m1/s1. The SMILES string of the molecule is C[C@@H]1CCCN(Cc2ccc(C(=O)NCc3cccnc3)cc2)C1. The van der Waals surface area contributed by atoms with Crippen molar-refractivity contribution in [2.75, 3.05) is 13.1 Å². The molecule has 1 aliphatic rings. The maximum absolute atomic E-state index is 12.2. The van der Waals surface area contributed by atoms with Gasteiger partial charge in [0.05, 0.1) is 0 Å². The molecule has 1 N–H and O–H groups in total. The number of aromatic nitrogens is 1. The van der Waals surface area contributed by atoms with Gasteiger partial charge in [-0.15, -0.1) is 0 Å². The van der Waals surface area contributed by atoms with Crippen LogP contribution in [0.3, 0.4) is 0 Å². The third kappa shape index (κ3) is 4.65. The molecule has 0 saturated carbocycles. The Balaban J connectivity index is 1.52. The van der Waals surface area contributed by atoms with Crippen molar-refractivity contribution < 1.29 is 4.79 Å². The third-order valence-electron chi connectivity index (χ3n) is 4.54. The molecule has 1 fully saturated rings. The second-order valence-electron chi connectivity index (χ2n) is 6.72. The van der Waals surface area contributed by atoms with Crippen LogP contribution in [0.25, 0.3) is 0 Å². The molecule has 0 spiro atoms. The van der Waals surface area contributed by atoms with Crippen LogP contribution in [-0.4, -0.2) is 28.9 Å². The molecule has 0 aliphatic carbocycles. The van der Waals surface area contributed by atoms with Gasteiger partial charge in [0, 0.05) is 37.6 Å². The zero-order chi connectivity index (χ0) is 16.8. The second-order valence-corrected chi connectivity index (χ2v) is 6.72. The normalized spacial score (nSPS) is 18.3. The summed E-state index contributed by atoms with van der Waals surface area (Å²) in [4.78, 5) is 18.8. The summed E-state index contributed by atoms with van der Waals surface area (Å²) in [5.41, 5.74) is 2.98. The van der Waals surface area contributed by atoms with Gasteiger partial charge in [0.1, 0.15) is 0 Å². The van der Waals surface area contributed by atoms with Crippen LogP contribution >= 0.6 is 0 Å². The molecule has 2 heterocycles. The van der Waals surface area contributed by atoms with E-state index in [1.807, 2.05) is 24.3 Å². The number of nitrogens with zero attached hydrogens (tertiary/aromatic N) is 2. The summed E-state index contributed by atoms with van der Waals surface area (Å²) in [6.45, 7) is 6.15. The van der Waals surface area contributed by atoms with Crippen LogP contribution in [-0.2, 0) is 13.1 Å². The summed E-state index contributed by atoms with van der Waals surface area (Å²) < 4.78 is 0. The highest BCUT2D eigenvalue weighted by Gasteiger charge is 2.16. The molecule has 2 aromatic rings. The molecule has 1 aromatic heterocycles. The van der Waals surface area contributed by atoms with Gasteiger partial charge < -0.3 is 5.32 Å². The molecule has 4 nitrogen and oxygen atoms in total. The van der Waals surface area contributed by atoms with Crippen LogP contribution in [0.2, 0.25) is 0 Å². The number of carbonyl (C=O) groups excluding carboxylic acids is 1. The minimum Gasteiger partial charge on any atom is -0.348 e. The number of likely N-dealkylation sites (tertiary alicyclic amines) is 1. The van der Waals surface area contributed by atoms with Crippen molar-refractivity contribution in [2.24, 2.45) is 5.92 Å². The Morgan fingerprint density at radius 1 is 1.25 bits per heavy atom. The van der Waals surface area contributed by atoms with Crippen molar-refractivity contribution in [2.45, 2.75) is 32.9 Å². The Kier molecular flexibility index (Phi) is 5.59. The summed E-state index contributed by atoms with van der Waals surface area (Å²) in [6.07, 6.45) is 6.12. The number of benzene rings is 1. The monoisotopic (exact) mass is 323 g/mol. The molecule has 24 heavy (non-hydrogen) atoms. The smallest absolute Gasteiger partial charge is 0.251 e. The van der Waals surface area contributed by atoms with Crippen LogP contribution < -0.4 is 5.32 Å². The Bertz CT molecular complexity index is 654. The summed E-state index contributed by atoms with van der Waals surface area (Å²) >= 11 is 0. The number of rotatable bonds is 5. The minimum atomic E-state index is -0.0444. The molecule has 4 heteroatoms. The van der Waals surface area contributed by atoms with E-state index in [0.29, 0.717) is 12.1 Å². The first-order chi connectivity index (χ1) is 11.7. The number of hydrogen-bond donors (Lipinski definition) is 1. The summed E-state index contributed by atoms with van der Waals surface area (Å²) in [5, 5.41) is 2.93. The zero-order valence-corrected chi connectivity index (χ0v) is 14.2. The largest absolute Gasteiger partial charge is 0.348 e. The van der Waals surface area contributed by atoms with Crippen LogP contribution in [0.5, 0.6) is 0 Å². The van der Waals surface area contributed by atoms with Gasteiger partial charge in [-0.1, -0.05) is 25.1 Å². The molecular formula is C20H25N3O. The summed E-state index contributed by atoms with van der Waals surface area (Å²) in [6, 6.07) is 11.8. The summed E-state index contributed by atoms with van der Waals surface area (Å²) in [7, 11) is 0. The van der Waals surface area contributed by atoms with Crippen molar-refractivity contribution in [1.82, 2.24) is 15.2 Å². The van der Waals surface area contributed by atoms with Gasteiger partial charge in [-0.2, -0.15) is 0 Å². The fourth-order valence-electron chi connectivity index (χ4n) is 3.24. The van der Waals surface area contributed by atoms with Gasteiger partial charge in [0.2, 0.25) is 0 Å². The third-order valence-corrected chi connectivity index (χ3v) is 4.54. The van der Waals surface area contributed by atoms with E-state index < -0.39 is 0 Å². The lowest BCUT2D eigenvalue weighted by Gasteiger charge is -2.30. The number of pyridine rings is 1. The van der Waals surface area contributed by atoms with Gasteiger partial charge in [0.15, 0.2) is 0 Å². The molecule has 1 saturated heterocycles. The lowest BCUT2D eigenvalue weighted by atomic mass is 9.99. The van der Waals surface area contributed by atoms with Gasteiger partial charge in [0.25, 0.3) is 5.91 Å². The van der Waals surface area contributed by atoms with E-state index in [4.69, 9.17) is 0 Å². The number of hydrogen-bond acceptors (Lipinski definition) is 3. The average molecular weight is 323 g/mol. The van der Waals surface area contributed by atoms with Crippen molar-refractivity contribution in [3.05, 3.63) is 65.5 Å². The molecule has 1 amide bonds. The van der Waals surface area contributed by atoms with E-state index in [-0.39, 0.29) is 5.91 Å². The van der Waals surface area contributed by atoms with Crippen LogP contribution in [0.15, 0.2) is 48.8 Å². The molecule has 126 valence electrons. The van der Waals surface area contributed by atoms with E-state index in [9.17, 15) is 4.79 Å². The number of carbonyl (C=O) groups is 1. The van der Waals surface area contributed by atoms with Crippen molar-refractivity contribution in [1.29, 1.82) is 0 Å². The highest BCUT2D eigenvalue weighted by atomic mass is 16.1. The zero-order valence-electron chi connectivity index (χ0n) is 14.2. The Labute approximate surface area is 143 Å². The minimum absolute atomic E-state index is 0.0444. The van der Waals surface area contributed by atoms with Gasteiger partial charge in [-0.25, -0.2) is 0 Å². The number of amides is 1. The molecule has 3 rings (SSSR count). The fraction of sp³-hybridized carbons (Fsp3) is 0.400. The van der Waals surface area contributed by atoms with Crippen LogP contribution in [0, 0.1) is 5.92 Å². The second kappa shape index (κ2) is 8.06. The predicted molar refractivity (Wildman–Crippen MR) is 95.5 cm³/mol. The summed E-state index contributed by atoms with van der Waals surface area (Å²) in [5.74, 6) is 0.744. The van der Waals surface area contributed by atoms with Crippen LogP contribution in [0.4, 0.5) is 0 Å². The van der Waals surface area contributed by atoms with E-state index in [2.05, 4.69) is 34.3 Å². The van der Waals surface area contributed by atoms with Crippen molar-refractivity contribution in [3.8, 4) is 0 Å². The lowest BCUT2D eigenvalue weighted by Crippen LogP contribution is -2.33. The first-order valence-corrected chi connectivity index (χ1v) is 8.69. The maximum Gasteiger partial charge on any atom is 0.251 e. The predicted octanol–water partition coefficient (Wildman–Crippen LogP) is 3.24. The highest BCUT2D eigenvalue weighted by Crippen LogP contribution is 2.18. The Hall–Kier alpha value is -2.20. The lowest BCUT2D eigenvalue weighted by molar-refractivity contribution is 0.0951. The number of piperidine rings is 1. The highest BCUT2D eigenvalue weighted by molar-refractivity contribution is 5.94. The molecule has 0 unspecified atom stereocenters. The number of nitrogens with one attached hydrogen (secondary N) is 1. The molecule has 1 atom stereocenters. The first-order valence-electron chi connectivity index (χ1n) is 8.69. The molecule has 1 aromatic carbocycles. The first kappa shape index (κ1) is 16.7. The van der Waals surface area contributed by atoms with Gasteiger partial charge in [-0.05, 0) is 54.6 Å². The molecule has 1 aliphatic heterocycles. The quantitative estimate of drug-likeness (QED) is 0.919. The molecule has 0 radical (unpaired) electrons.